The predicted octanol–water partition coefficient (Wildman–Crippen LogP) is 5.06. The highest BCUT2D eigenvalue weighted by Gasteiger charge is 2.39. The molecule has 0 aliphatic rings. The lowest BCUT2D eigenvalue weighted by Crippen LogP contribution is -2.56. The van der Waals surface area contributed by atoms with Gasteiger partial charge in [-0.1, -0.05) is 50.7 Å². The van der Waals surface area contributed by atoms with E-state index in [1.807, 2.05) is 5.70 Å². The summed E-state index contributed by atoms with van der Waals surface area (Å²) >= 11 is 0. The van der Waals surface area contributed by atoms with Crippen LogP contribution >= 0.6 is 0 Å². The minimum atomic E-state index is -2.18. The van der Waals surface area contributed by atoms with E-state index in [1.54, 1.807) is 0 Å². The fraction of sp³-hybridized carbons (Fsp3) is 0.556. The first-order valence-electron chi connectivity index (χ1n) is 8.33. The van der Waals surface area contributed by atoms with Crippen molar-refractivity contribution in [2.45, 2.75) is 65.5 Å². The highest BCUT2D eigenvalue weighted by atomic mass is 28.5. The predicted molar refractivity (Wildman–Crippen MR) is 110 cm³/mol. The van der Waals surface area contributed by atoms with E-state index in [9.17, 15) is 0 Å². The Morgan fingerprint density at radius 1 is 0.870 bits per heavy atom. The maximum Gasteiger partial charge on any atom is 0.311 e. The number of hydrogen-bond acceptors (Lipinski definition) is 2. The molecule has 5 heteroatoms. The summed E-state index contributed by atoms with van der Waals surface area (Å²) in [6.07, 6.45) is 0. The highest BCUT2D eigenvalue weighted by molar-refractivity contribution is 6.93. The Labute approximate surface area is 146 Å². The van der Waals surface area contributed by atoms with Gasteiger partial charge in [0.15, 0.2) is 8.32 Å². The zero-order valence-corrected chi connectivity index (χ0v) is 19.4. The van der Waals surface area contributed by atoms with E-state index in [0.717, 1.165) is 0 Å². The molecule has 0 aromatic heterocycles. The second kappa shape index (κ2) is 6.80. The Hall–Kier alpha value is -0.469. The molecule has 0 bridgehead atoms. The first-order chi connectivity index (χ1) is 10.2. The summed E-state index contributed by atoms with van der Waals surface area (Å²) in [5.74, 6) is 0. The molecule has 0 spiro atoms. The Bertz CT molecular complexity index is 540. The average Bonchev–Trinajstić information content (AvgIpc) is 2.35. The summed E-state index contributed by atoms with van der Waals surface area (Å²) in [6.45, 7) is 23.8. The van der Waals surface area contributed by atoms with Gasteiger partial charge in [-0.15, -0.1) is 6.58 Å². The molecule has 130 valence electrons. The lowest BCUT2D eigenvalue weighted by atomic mass is 9.87. The third-order valence-corrected chi connectivity index (χ3v) is 14.7. The molecule has 0 aliphatic carbocycles. The fourth-order valence-electron chi connectivity index (χ4n) is 2.74. The quantitative estimate of drug-likeness (QED) is 0.655. The fourth-order valence-corrected chi connectivity index (χ4v) is 15.0. The van der Waals surface area contributed by atoms with Crippen molar-refractivity contribution >= 4 is 30.4 Å². The summed E-state index contributed by atoms with van der Waals surface area (Å²) in [6, 6.07) is 8.97. The van der Waals surface area contributed by atoms with Crippen LogP contribution in [0.1, 0.15) is 26.3 Å². The molecule has 1 aromatic rings. The van der Waals surface area contributed by atoms with Gasteiger partial charge in [0, 0.05) is 0 Å². The van der Waals surface area contributed by atoms with Gasteiger partial charge in [0.1, 0.15) is 0 Å². The van der Waals surface area contributed by atoms with Gasteiger partial charge < -0.3 is 8.23 Å². The van der Waals surface area contributed by atoms with Gasteiger partial charge in [0.2, 0.25) is 8.32 Å². The second-order valence-electron chi connectivity index (χ2n) is 8.75. The van der Waals surface area contributed by atoms with E-state index in [2.05, 4.69) is 90.9 Å². The SMILES string of the molecule is C=C[Si](C)(C)O[Si](C)(C)O[Si](C)(C)c1ccc(C(C)(C)C)cc1. The Kier molecular flexibility index (Phi) is 6.08. The summed E-state index contributed by atoms with van der Waals surface area (Å²) in [5.41, 5.74) is 3.53. The molecule has 0 radical (unpaired) electrons. The maximum atomic E-state index is 6.62. The number of hydrogen-bond donors (Lipinski definition) is 0. The van der Waals surface area contributed by atoms with Crippen LogP contribution in [0.2, 0.25) is 39.3 Å². The minimum Gasteiger partial charge on any atom is -0.433 e. The lowest BCUT2D eigenvalue weighted by Gasteiger charge is -2.38. The van der Waals surface area contributed by atoms with Crippen LogP contribution in [0.25, 0.3) is 0 Å². The largest absolute Gasteiger partial charge is 0.433 e. The molecule has 0 unspecified atom stereocenters. The van der Waals surface area contributed by atoms with Crippen LogP contribution in [0.3, 0.4) is 0 Å². The number of rotatable bonds is 6. The van der Waals surface area contributed by atoms with Gasteiger partial charge in [-0.3, -0.25) is 0 Å². The van der Waals surface area contributed by atoms with Crippen molar-refractivity contribution in [2.75, 3.05) is 0 Å². The van der Waals surface area contributed by atoms with E-state index in [4.69, 9.17) is 8.23 Å². The van der Waals surface area contributed by atoms with E-state index in [-0.39, 0.29) is 5.41 Å². The van der Waals surface area contributed by atoms with Crippen LogP contribution in [0.5, 0.6) is 0 Å². The van der Waals surface area contributed by atoms with Crippen molar-refractivity contribution in [3.8, 4) is 0 Å². The molecule has 0 aliphatic heterocycles. The topological polar surface area (TPSA) is 18.5 Å². The van der Waals surface area contributed by atoms with Gasteiger partial charge in [0.05, 0.1) is 0 Å². The Morgan fingerprint density at radius 3 is 1.74 bits per heavy atom. The monoisotopic (exact) mass is 366 g/mol. The Morgan fingerprint density at radius 2 is 1.35 bits per heavy atom. The van der Waals surface area contributed by atoms with Crippen LogP contribution < -0.4 is 5.19 Å². The van der Waals surface area contributed by atoms with Crippen molar-refractivity contribution in [1.82, 2.24) is 0 Å². The van der Waals surface area contributed by atoms with Gasteiger partial charge >= 0.3 is 8.56 Å². The molecule has 23 heavy (non-hydrogen) atoms. The van der Waals surface area contributed by atoms with Crippen molar-refractivity contribution in [3.63, 3.8) is 0 Å². The minimum absolute atomic E-state index is 0.182. The molecule has 0 amide bonds. The summed E-state index contributed by atoms with van der Waals surface area (Å²) < 4.78 is 13.0. The summed E-state index contributed by atoms with van der Waals surface area (Å²) in [7, 11) is -5.99. The normalized spacial score (nSPS) is 14.0. The van der Waals surface area contributed by atoms with Crippen LogP contribution in [-0.4, -0.2) is 25.2 Å². The zero-order valence-electron chi connectivity index (χ0n) is 16.4. The average molecular weight is 367 g/mol. The summed E-state index contributed by atoms with van der Waals surface area (Å²) in [4.78, 5) is 0. The van der Waals surface area contributed by atoms with Gasteiger partial charge in [-0.25, -0.2) is 0 Å². The first-order valence-corrected chi connectivity index (χ1v) is 17.0. The van der Waals surface area contributed by atoms with Crippen molar-refractivity contribution in [1.29, 1.82) is 0 Å². The lowest BCUT2D eigenvalue weighted by molar-refractivity contribution is 0.400. The van der Waals surface area contributed by atoms with Crippen LogP contribution in [-0.2, 0) is 13.6 Å². The molecule has 2 nitrogen and oxygen atoms in total. The standard InChI is InChI=1S/C18H34O2Si3/c1-11-21(5,6)19-23(9,10)20-22(7,8)17-14-12-16(13-15-17)18(2,3)4/h11-15H,1H2,2-10H3. The van der Waals surface area contributed by atoms with E-state index in [1.165, 1.54) is 10.8 Å². The number of benzene rings is 1. The third-order valence-electron chi connectivity index (χ3n) is 3.95. The molecular formula is C18H34O2Si3. The van der Waals surface area contributed by atoms with Crippen molar-refractivity contribution < 1.29 is 8.23 Å². The molecule has 0 saturated heterocycles. The zero-order chi connectivity index (χ0) is 18.1. The smallest absolute Gasteiger partial charge is 0.311 e. The first kappa shape index (κ1) is 20.6. The van der Waals surface area contributed by atoms with Crippen LogP contribution in [0.15, 0.2) is 36.5 Å². The van der Waals surface area contributed by atoms with Crippen molar-refractivity contribution in [2.24, 2.45) is 0 Å². The van der Waals surface area contributed by atoms with E-state index < -0.39 is 25.2 Å². The highest BCUT2D eigenvalue weighted by Crippen LogP contribution is 2.23. The molecule has 0 atom stereocenters. The van der Waals surface area contributed by atoms with Gasteiger partial charge in [-0.05, 0) is 55.4 Å². The molecular weight excluding hydrogens is 332 g/mol. The second-order valence-corrected chi connectivity index (χ2v) is 20.4. The van der Waals surface area contributed by atoms with Crippen LogP contribution in [0, 0.1) is 0 Å². The maximum absolute atomic E-state index is 6.62. The van der Waals surface area contributed by atoms with E-state index in [0.29, 0.717) is 0 Å². The van der Waals surface area contributed by atoms with Crippen molar-refractivity contribution in [3.05, 3.63) is 42.1 Å². The van der Waals surface area contributed by atoms with Gasteiger partial charge in [-0.2, -0.15) is 0 Å². The molecule has 1 rings (SSSR count). The van der Waals surface area contributed by atoms with Crippen LogP contribution in [0.4, 0.5) is 0 Å². The third kappa shape index (κ3) is 6.15. The van der Waals surface area contributed by atoms with E-state index >= 15 is 0 Å². The molecule has 0 heterocycles. The molecule has 0 saturated carbocycles. The molecule has 1 aromatic carbocycles. The summed E-state index contributed by atoms with van der Waals surface area (Å²) in [5, 5.41) is 1.33. The Balaban J connectivity index is 2.96. The van der Waals surface area contributed by atoms with Gasteiger partial charge in [0.25, 0.3) is 0 Å². The molecule has 0 N–H and O–H groups in total. The molecule has 0 fully saturated rings.